The van der Waals surface area contributed by atoms with Gasteiger partial charge in [0.25, 0.3) is 0 Å². The van der Waals surface area contributed by atoms with E-state index in [0.29, 0.717) is 57.4 Å². The summed E-state index contributed by atoms with van der Waals surface area (Å²) < 4.78 is 19.3. The predicted octanol–water partition coefficient (Wildman–Crippen LogP) is 4.98. The Bertz CT molecular complexity index is 1830. The third-order valence-corrected chi connectivity index (χ3v) is 11.8. The Kier molecular flexibility index (Phi) is 11.6. The van der Waals surface area contributed by atoms with Gasteiger partial charge in [-0.05, 0) is 68.4 Å². The minimum Gasteiger partial charge on any atom is -0.508 e. The fraction of sp³-hybridized carbons (Fsp3) is 0.538. The second-order valence-corrected chi connectivity index (χ2v) is 15.2. The lowest BCUT2D eigenvalue weighted by Crippen LogP contribution is -2.55. The van der Waals surface area contributed by atoms with Crippen LogP contribution in [0.2, 0.25) is 0 Å². The van der Waals surface area contributed by atoms with Gasteiger partial charge in [0.2, 0.25) is 5.91 Å². The SMILES string of the molecule is COC1CCN(C/C=C/C(=O)N2CCN(c3nc(OC[C@@H]4CCCN4C)nc4c3CO[C@H](c3cc(O)cc5cccc(Br)c35)C4)C[C@@H]2CC#N)CC1. The van der Waals surface area contributed by atoms with Gasteiger partial charge in [-0.3, -0.25) is 9.69 Å². The Morgan fingerprint density at radius 2 is 1.98 bits per heavy atom. The number of phenols is 1. The molecule has 13 heteroatoms. The molecular weight excluding hydrogens is 726 g/mol. The number of phenolic OH excluding ortho intramolecular Hbond substituents is 1. The number of hydrogen-bond donors (Lipinski definition) is 1. The molecule has 5 heterocycles. The number of piperidine rings is 1. The first-order valence-corrected chi connectivity index (χ1v) is 19.2. The third-order valence-electron chi connectivity index (χ3n) is 11.1. The summed E-state index contributed by atoms with van der Waals surface area (Å²) in [7, 11) is 3.89. The Hall–Kier alpha value is -3.80. The van der Waals surface area contributed by atoms with Gasteiger partial charge < -0.3 is 34.0 Å². The van der Waals surface area contributed by atoms with Crippen LogP contribution in [0, 0.1) is 11.3 Å². The molecule has 4 aliphatic rings. The van der Waals surface area contributed by atoms with E-state index in [9.17, 15) is 15.2 Å². The number of nitrogens with zero attached hydrogens (tertiary/aromatic N) is 7. The van der Waals surface area contributed by atoms with Crippen molar-refractivity contribution in [1.82, 2.24) is 24.7 Å². The second-order valence-electron chi connectivity index (χ2n) is 14.4. The van der Waals surface area contributed by atoms with Crippen LogP contribution >= 0.6 is 15.9 Å². The molecule has 1 aromatic heterocycles. The molecule has 0 saturated carbocycles. The lowest BCUT2D eigenvalue weighted by atomic mass is 9.94. The fourth-order valence-corrected chi connectivity index (χ4v) is 8.72. The summed E-state index contributed by atoms with van der Waals surface area (Å²) in [6.45, 7) is 5.90. The number of anilines is 1. The highest BCUT2D eigenvalue weighted by Crippen LogP contribution is 2.41. The van der Waals surface area contributed by atoms with Crippen molar-refractivity contribution < 1.29 is 24.1 Å². The van der Waals surface area contributed by atoms with Gasteiger partial charge in [-0.1, -0.05) is 34.1 Å². The summed E-state index contributed by atoms with van der Waals surface area (Å²) in [6.07, 6.45) is 8.46. The number of ether oxygens (including phenoxy) is 3. The molecule has 0 unspecified atom stereocenters. The topological polar surface area (TPSA) is 128 Å². The van der Waals surface area contributed by atoms with Crippen LogP contribution in [-0.2, 0) is 27.3 Å². The number of benzene rings is 2. The number of halogens is 1. The van der Waals surface area contributed by atoms with E-state index >= 15 is 0 Å². The third kappa shape index (κ3) is 8.06. The van der Waals surface area contributed by atoms with Crippen molar-refractivity contribution in [1.29, 1.82) is 5.26 Å². The predicted molar refractivity (Wildman–Crippen MR) is 201 cm³/mol. The van der Waals surface area contributed by atoms with Crippen molar-refractivity contribution >= 4 is 38.4 Å². The number of likely N-dealkylation sites (tertiary alicyclic amines) is 2. The zero-order valence-corrected chi connectivity index (χ0v) is 31.6. The Morgan fingerprint density at radius 1 is 1.13 bits per heavy atom. The Morgan fingerprint density at radius 3 is 2.75 bits per heavy atom. The fourth-order valence-electron chi connectivity index (χ4n) is 8.11. The van der Waals surface area contributed by atoms with Crippen molar-refractivity contribution in [2.24, 2.45) is 0 Å². The molecule has 0 spiro atoms. The van der Waals surface area contributed by atoms with Crippen molar-refractivity contribution in [3.8, 4) is 17.8 Å². The number of nitriles is 1. The molecule has 0 aliphatic carbocycles. The average molecular weight is 775 g/mol. The monoisotopic (exact) mass is 773 g/mol. The summed E-state index contributed by atoms with van der Waals surface area (Å²) in [5.74, 6) is 0.836. The maximum atomic E-state index is 13.5. The number of carbonyl (C=O) groups is 1. The van der Waals surface area contributed by atoms with Crippen LogP contribution in [0.3, 0.4) is 0 Å². The summed E-state index contributed by atoms with van der Waals surface area (Å²) in [6, 6.07) is 12.1. The molecule has 3 aromatic rings. The van der Waals surface area contributed by atoms with Crippen LogP contribution < -0.4 is 9.64 Å². The van der Waals surface area contributed by atoms with Gasteiger partial charge in [-0.25, -0.2) is 0 Å². The van der Waals surface area contributed by atoms with Crippen LogP contribution in [0.4, 0.5) is 5.82 Å². The molecule has 12 nitrogen and oxygen atoms in total. The van der Waals surface area contributed by atoms with Gasteiger partial charge in [0.05, 0.1) is 43.0 Å². The van der Waals surface area contributed by atoms with E-state index in [1.165, 1.54) is 0 Å². The van der Waals surface area contributed by atoms with Crippen molar-refractivity contribution in [2.75, 3.05) is 71.5 Å². The summed E-state index contributed by atoms with van der Waals surface area (Å²) >= 11 is 3.72. The molecule has 52 heavy (non-hydrogen) atoms. The standard InChI is InChI=1S/C39H48BrN7O5/c1-44-14-4-7-28(44)24-52-39-42-34-22-35(31-21-29(48)20-26-6-3-8-33(40)37(26)31)51-25-32(34)38(43-39)46-18-19-47(27(23-46)10-13-41)36(49)9-5-15-45-16-11-30(50-2)12-17-45/h3,5-6,8-9,20-21,27-28,30,35,48H,4,7,10-12,14-19,22-25H2,1-2H3/b9-5+/t27-,28-,35-/m0/s1. The van der Waals surface area contributed by atoms with Crippen LogP contribution in [-0.4, -0.2) is 120 Å². The lowest BCUT2D eigenvalue weighted by Gasteiger charge is -2.42. The molecule has 3 saturated heterocycles. The van der Waals surface area contributed by atoms with Gasteiger partial charge in [-0.2, -0.15) is 15.2 Å². The van der Waals surface area contributed by atoms with E-state index < -0.39 is 0 Å². The van der Waals surface area contributed by atoms with Crippen LogP contribution in [0.1, 0.15) is 55.0 Å². The van der Waals surface area contributed by atoms with E-state index in [1.54, 1.807) is 25.3 Å². The van der Waals surface area contributed by atoms with Gasteiger partial charge in [-0.15, -0.1) is 0 Å². The number of hydrogen-bond acceptors (Lipinski definition) is 11. The second kappa shape index (κ2) is 16.5. The molecule has 2 aromatic carbocycles. The first kappa shape index (κ1) is 36.6. The summed E-state index contributed by atoms with van der Waals surface area (Å²) in [4.78, 5) is 32.1. The highest BCUT2D eigenvalue weighted by atomic mass is 79.9. The van der Waals surface area contributed by atoms with Crippen molar-refractivity contribution in [3.05, 3.63) is 63.8 Å². The Balaban J connectivity index is 1.12. The molecule has 0 radical (unpaired) electrons. The first-order chi connectivity index (χ1) is 25.3. The highest BCUT2D eigenvalue weighted by Gasteiger charge is 2.35. The molecule has 1 amide bonds. The number of amides is 1. The highest BCUT2D eigenvalue weighted by molar-refractivity contribution is 9.10. The number of aromatic nitrogens is 2. The molecule has 7 rings (SSSR count). The van der Waals surface area contributed by atoms with Gasteiger partial charge in [0.1, 0.15) is 18.2 Å². The zero-order chi connectivity index (χ0) is 36.2. The minimum absolute atomic E-state index is 0.0724. The number of rotatable bonds is 10. The first-order valence-electron chi connectivity index (χ1n) is 18.4. The van der Waals surface area contributed by atoms with Crippen LogP contribution in [0.25, 0.3) is 10.8 Å². The molecular formula is C39H48BrN7O5. The molecule has 3 fully saturated rings. The maximum Gasteiger partial charge on any atom is 0.318 e. The Labute approximate surface area is 314 Å². The van der Waals surface area contributed by atoms with E-state index in [0.717, 1.165) is 83.2 Å². The number of likely N-dealkylation sites (N-methyl/N-ethyl adjacent to an activating group) is 1. The number of methoxy groups -OCH3 is 1. The van der Waals surface area contributed by atoms with Crippen molar-refractivity contribution in [2.45, 2.75) is 69.4 Å². The summed E-state index contributed by atoms with van der Waals surface area (Å²) in [5, 5.41) is 22.4. The molecule has 4 aliphatic heterocycles. The lowest BCUT2D eigenvalue weighted by molar-refractivity contribution is -0.128. The quantitative estimate of drug-likeness (QED) is 0.280. The van der Waals surface area contributed by atoms with Crippen molar-refractivity contribution in [3.63, 3.8) is 0 Å². The van der Waals surface area contributed by atoms with Gasteiger partial charge in [0.15, 0.2) is 0 Å². The number of fused-ring (bicyclic) bond motifs is 2. The number of carbonyl (C=O) groups excluding carboxylic acids is 1. The number of aromatic hydroxyl groups is 1. The largest absolute Gasteiger partial charge is 0.508 e. The zero-order valence-electron chi connectivity index (χ0n) is 30.0. The molecule has 0 bridgehead atoms. The van der Waals surface area contributed by atoms with E-state index in [-0.39, 0.29) is 36.8 Å². The van der Waals surface area contributed by atoms with Gasteiger partial charge >= 0.3 is 6.01 Å². The van der Waals surface area contributed by atoms with Crippen LogP contribution in [0.15, 0.2) is 47.0 Å². The molecule has 276 valence electrons. The maximum absolute atomic E-state index is 13.5. The van der Waals surface area contributed by atoms with Crippen LogP contribution in [0.5, 0.6) is 11.8 Å². The van der Waals surface area contributed by atoms with Gasteiger partial charge in [0, 0.05) is 80.3 Å². The molecule has 1 N–H and O–H groups in total. The minimum atomic E-state index is -0.351. The van der Waals surface area contributed by atoms with E-state index in [2.05, 4.69) is 43.7 Å². The smallest absolute Gasteiger partial charge is 0.318 e. The average Bonchev–Trinajstić information content (AvgIpc) is 3.57. The normalized spacial score (nSPS) is 23.3. The summed E-state index contributed by atoms with van der Waals surface area (Å²) in [5.41, 5.74) is 2.61. The van der Waals surface area contributed by atoms with E-state index in [1.807, 2.05) is 29.2 Å². The van der Waals surface area contributed by atoms with E-state index in [4.69, 9.17) is 24.2 Å². The molecule has 3 atom stereocenters. The number of piperazine rings is 1.